The molecule has 1 amide bonds. The van der Waals surface area contributed by atoms with Gasteiger partial charge in [0.2, 0.25) is 0 Å². The summed E-state index contributed by atoms with van der Waals surface area (Å²) in [6.45, 7) is 4.73. The third-order valence-corrected chi connectivity index (χ3v) is 3.57. The average molecular weight is 292 g/mol. The molecule has 1 aromatic rings. The number of nitro groups is 1. The van der Waals surface area contributed by atoms with Crippen molar-refractivity contribution in [2.75, 3.05) is 25.4 Å². The highest BCUT2D eigenvalue weighted by atomic mass is 16.6. The zero-order valence-corrected chi connectivity index (χ0v) is 12.0. The molecule has 0 spiro atoms. The molecule has 7 heteroatoms. The monoisotopic (exact) mass is 292 g/mol. The second kappa shape index (κ2) is 6.53. The van der Waals surface area contributed by atoms with Crippen molar-refractivity contribution in [2.45, 2.75) is 25.8 Å². The van der Waals surface area contributed by atoms with Crippen molar-refractivity contribution < 1.29 is 9.72 Å². The molecule has 114 valence electrons. The first-order chi connectivity index (χ1) is 9.97. The summed E-state index contributed by atoms with van der Waals surface area (Å²) >= 11 is 0. The van der Waals surface area contributed by atoms with E-state index in [1.165, 1.54) is 31.0 Å². The van der Waals surface area contributed by atoms with Crippen molar-refractivity contribution in [3.63, 3.8) is 0 Å². The van der Waals surface area contributed by atoms with Gasteiger partial charge in [0.25, 0.3) is 11.6 Å². The normalized spacial score (nSPS) is 16.6. The topological polar surface area (TPSA) is 102 Å². The Kier molecular flexibility index (Phi) is 4.74. The standard InChI is InChI=1S/C14H20N4O3/c1-10(9-17-6-2-3-7-17)16-14(19)12-8-11(15)4-5-13(12)18(20)21/h4-5,8,10H,2-3,6-7,9,15H2,1H3,(H,16,19). The molecule has 1 heterocycles. The maximum atomic E-state index is 12.2. The smallest absolute Gasteiger partial charge is 0.282 e. The fourth-order valence-corrected chi connectivity index (χ4v) is 2.59. The Morgan fingerprint density at radius 1 is 1.48 bits per heavy atom. The molecule has 7 nitrogen and oxygen atoms in total. The first-order valence-electron chi connectivity index (χ1n) is 7.04. The number of anilines is 1. The Morgan fingerprint density at radius 3 is 2.76 bits per heavy atom. The van der Waals surface area contributed by atoms with Gasteiger partial charge < -0.3 is 16.0 Å². The van der Waals surface area contributed by atoms with Crippen molar-refractivity contribution in [1.29, 1.82) is 0 Å². The zero-order chi connectivity index (χ0) is 15.4. The van der Waals surface area contributed by atoms with Gasteiger partial charge in [-0.05, 0) is 45.0 Å². The zero-order valence-electron chi connectivity index (χ0n) is 12.0. The van der Waals surface area contributed by atoms with E-state index < -0.39 is 10.8 Å². The van der Waals surface area contributed by atoms with E-state index in [1.54, 1.807) is 0 Å². The highest BCUT2D eigenvalue weighted by molar-refractivity contribution is 5.99. The van der Waals surface area contributed by atoms with Crippen LogP contribution in [0.1, 0.15) is 30.1 Å². The van der Waals surface area contributed by atoms with E-state index in [9.17, 15) is 14.9 Å². The molecule has 1 aromatic carbocycles. The SMILES string of the molecule is CC(CN1CCCC1)NC(=O)c1cc(N)ccc1[N+](=O)[O-]. The van der Waals surface area contributed by atoms with Gasteiger partial charge in [-0.15, -0.1) is 0 Å². The molecule has 0 radical (unpaired) electrons. The van der Waals surface area contributed by atoms with Gasteiger partial charge in [0.15, 0.2) is 0 Å². The van der Waals surface area contributed by atoms with Gasteiger partial charge in [0.1, 0.15) is 5.56 Å². The third-order valence-electron chi connectivity index (χ3n) is 3.57. The Morgan fingerprint density at radius 2 is 2.14 bits per heavy atom. The lowest BCUT2D eigenvalue weighted by atomic mass is 10.1. The van der Waals surface area contributed by atoms with Crippen molar-refractivity contribution in [2.24, 2.45) is 0 Å². The molecule has 1 atom stereocenters. The minimum Gasteiger partial charge on any atom is -0.399 e. The van der Waals surface area contributed by atoms with Gasteiger partial charge in [0.05, 0.1) is 4.92 Å². The number of nitrogens with two attached hydrogens (primary N) is 1. The van der Waals surface area contributed by atoms with Crippen molar-refractivity contribution in [1.82, 2.24) is 10.2 Å². The van der Waals surface area contributed by atoms with E-state index >= 15 is 0 Å². The molecule has 1 saturated heterocycles. The van der Waals surface area contributed by atoms with E-state index in [-0.39, 0.29) is 17.3 Å². The van der Waals surface area contributed by atoms with Crippen LogP contribution in [0.4, 0.5) is 11.4 Å². The predicted octanol–water partition coefficient (Wildman–Crippen LogP) is 1.39. The molecule has 1 aliphatic rings. The predicted molar refractivity (Wildman–Crippen MR) is 80.1 cm³/mol. The molecule has 0 saturated carbocycles. The van der Waals surface area contributed by atoms with Crippen LogP contribution < -0.4 is 11.1 Å². The fraction of sp³-hybridized carbons (Fsp3) is 0.500. The van der Waals surface area contributed by atoms with Crippen LogP contribution >= 0.6 is 0 Å². The molecule has 0 bridgehead atoms. The quantitative estimate of drug-likeness (QED) is 0.485. The number of amides is 1. The average Bonchev–Trinajstić information content (AvgIpc) is 2.90. The summed E-state index contributed by atoms with van der Waals surface area (Å²) in [4.78, 5) is 24.9. The van der Waals surface area contributed by atoms with Crippen LogP contribution in [0.15, 0.2) is 18.2 Å². The van der Waals surface area contributed by atoms with Crippen molar-refractivity contribution in [3.05, 3.63) is 33.9 Å². The molecule has 0 aromatic heterocycles. The number of carbonyl (C=O) groups is 1. The van der Waals surface area contributed by atoms with Gasteiger partial charge in [0, 0.05) is 24.3 Å². The number of rotatable bonds is 5. The Bertz CT molecular complexity index is 541. The first-order valence-corrected chi connectivity index (χ1v) is 7.04. The molecule has 21 heavy (non-hydrogen) atoms. The lowest BCUT2D eigenvalue weighted by molar-refractivity contribution is -0.385. The number of nitro benzene ring substituents is 1. The van der Waals surface area contributed by atoms with Crippen LogP contribution in [-0.2, 0) is 0 Å². The van der Waals surface area contributed by atoms with E-state index in [0.29, 0.717) is 5.69 Å². The number of nitrogens with zero attached hydrogens (tertiary/aromatic N) is 2. The number of benzene rings is 1. The fourth-order valence-electron chi connectivity index (χ4n) is 2.59. The maximum Gasteiger partial charge on any atom is 0.282 e. The number of carbonyl (C=O) groups excluding carboxylic acids is 1. The van der Waals surface area contributed by atoms with Crippen LogP contribution in [0.5, 0.6) is 0 Å². The largest absolute Gasteiger partial charge is 0.399 e. The van der Waals surface area contributed by atoms with Crippen LogP contribution in [0.2, 0.25) is 0 Å². The first kappa shape index (κ1) is 15.2. The van der Waals surface area contributed by atoms with Crippen LogP contribution in [-0.4, -0.2) is 41.4 Å². The Hall–Kier alpha value is -2.15. The summed E-state index contributed by atoms with van der Waals surface area (Å²) < 4.78 is 0. The Labute approximate surface area is 123 Å². The minimum absolute atomic E-state index is 0.00766. The number of likely N-dealkylation sites (tertiary alicyclic amines) is 1. The summed E-state index contributed by atoms with van der Waals surface area (Å²) in [7, 11) is 0. The van der Waals surface area contributed by atoms with Crippen molar-refractivity contribution >= 4 is 17.3 Å². The second-order valence-corrected chi connectivity index (χ2v) is 5.42. The Balaban J connectivity index is 2.05. The summed E-state index contributed by atoms with van der Waals surface area (Å²) in [5.74, 6) is -0.458. The molecular weight excluding hydrogens is 272 g/mol. The lowest BCUT2D eigenvalue weighted by Crippen LogP contribution is -2.41. The van der Waals surface area contributed by atoms with E-state index in [1.807, 2.05) is 6.92 Å². The van der Waals surface area contributed by atoms with Crippen LogP contribution in [0.3, 0.4) is 0 Å². The molecule has 1 fully saturated rings. The number of nitrogen functional groups attached to an aromatic ring is 1. The molecule has 0 aliphatic carbocycles. The number of nitrogens with one attached hydrogen (secondary N) is 1. The third kappa shape index (κ3) is 3.91. The summed E-state index contributed by atoms with van der Waals surface area (Å²) in [5.41, 5.74) is 5.73. The van der Waals surface area contributed by atoms with E-state index in [0.717, 1.165) is 19.6 Å². The van der Waals surface area contributed by atoms with Crippen LogP contribution in [0.25, 0.3) is 0 Å². The van der Waals surface area contributed by atoms with Gasteiger partial charge >= 0.3 is 0 Å². The lowest BCUT2D eigenvalue weighted by Gasteiger charge is -2.21. The highest BCUT2D eigenvalue weighted by Crippen LogP contribution is 2.21. The molecule has 3 N–H and O–H groups in total. The summed E-state index contributed by atoms with van der Waals surface area (Å²) in [6.07, 6.45) is 2.36. The van der Waals surface area contributed by atoms with Gasteiger partial charge in [-0.25, -0.2) is 0 Å². The molecule has 1 aliphatic heterocycles. The van der Waals surface area contributed by atoms with E-state index in [4.69, 9.17) is 5.73 Å². The van der Waals surface area contributed by atoms with Crippen molar-refractivity contribution in [3.8, 4) is 0 Å². The number of hydrogen-bond acceptors (Lipinski definition) is 5. The minimum atomic E-state index is -0.570. The van der Waals surface area contributed by atoms with Crippen LogP contribution in [0, 0.1) is 10.1 Å². The van der Waals surface area contributed by atoms with E-state index in [2.05, 4.69) is 10.2 Å². The molecular formula is C14H20N4O3. The van der Waals surface area contributed by atoms with Gasteiger partial charge in [-0.1, -0.05) is 0 Å². The van der Waals surface area contributed by atoms with Gasteiger partial charge in [-0.3, -0.25) is 14.9 Å². The molecule has 2 rings (SSSR count). The highest BCUT2D eigenvalue weighted by Gasteiger charge is 2.22. The van der Waals surface area contributed by atoms with Gasteiger partial charge in [-0.2, -0.15) is 0 Å². The number of hydrogen-bond donors (Lipinski definition) is 2. The summed E-state index contributed by atoms with van der Waals surface area (Å²) in [5, 5.41) is 13.8. The maximum absolute atomic E-state index is 12.2. The summed E-state index contributed by atoms with van der Waals surface area (Å²) in [6, 6.07) is 3.95. The molecule has 1 unspecified atom stereocenters. The second-order valence-electron chi connectivity index (χ2n) is 5.42.